The van der Waals surface area contributed by atoms with Crippen LogP contribution in [0, 0.1) is 11.3 Å². The summed E-state index contributed by atoms with van der Waals surface area (Å²) in [5.41, 5.74) is 1.02. The van der Waals surface area contributed by atoms with Gasteiger partial charge in [0.25, 0.3) is 0 Å². The third kappa shape index (κ3) is 2.79. The highest BCUT2D eigenvalue weighted by molar-refractivity contribution is 5.96. The van der Waals surface area contributed by atoms with Crippen molar-refractivity contribution in [2.24, 2.45) is 0 Å². The van der Waals surface area contributed by atoms with Crippen LogP contribution in [0.15, 0.2) is 24.3 Å². The summed E-state index contributed by atoms with van der Waals surface area (Å²) >= 11 is 0. The molecule has 0 fully saturated rings. The topological polar surface area (TPSA) is 65.4 Å². The minimum absolute atomic E-state index is 0.202. The molecule has 1 amide bonds. The molecule has 1 aromatic rings. The normalized spacial score (nSPS) is 17.4. The fourth-order valence-electron chi connectivity index (χ4n) is 1.98. The van der Waals surface area contributed by atoms with Gasteiger partial charge in [-0.1, -0.05) is 12.1 Å². The highest BCUT2D eigenvalue weighted by Crippen LogP contribution is 2.36. The monoisotopic (exact) mass is 259 g/mol. The van der Waals surface area contributed by atoms with Crippen molar-refractivity contribution in [3.63, 3.8) is 0 Å². The summed E-state index contributed by atoms with van der Waals surface area (Å²) in [5.74, 6) is 0. The van der Waals surface area contributed by atoms with Gasteiger partial charge in [0.2, 0.25) is 0 Å². The number of benzene rings is 1. The van der Waals surface area contributed by atoms with Gasteiger partial charge in [0.15, 0.2) is 0 Å². The zero-order valence-electron chi connectivity index (χ0n) is 11.3. The van der Waals surface area contributed by atoms with Crippen LogP contribution in [0.1, 0.15) is 27.2 Å². The maximum absolute atomic E-state index is 12.3. The summed E-state index contributed by atoms with van der Waals surface area (Å²) < 4.78 is 5.39. The van der Waals surface area contributed by atoms with E-state index in [4.69, 9.17) is 10.00 Å². The van der Waals surface area contributed by atoms with Crippen LogP contribution in [-0.4, -0.2) is 17.9 Å². The van der Waals surface area contributed by atoms with E-state index in [-0.39, 0.29) is 12.6 Å². The first-order chi connectivity index (χ1) is 8.92. The van der Waals surface area contributed by atoms with Crippen LogP contribution in [0.2, 0.25) is 0 Å². The van der Waals surface area contributed by atoms with Crippen molar-refractivity contribution in [2.45, 2.75) is 39.0 Å². The standard InChI is InChI=1S/C14H17N3O2/c1-14(2,3)19-13(18)17-11-7-5-4-6-10(11)16-12(17)8-9-15/h4-7,12,16H,8H2,1-3H3. The molecule has 1 aromatic carbocycles. The second-order valence-electron chi connectivity index (χ2n) is 5.39. The highest BCUT2D eigenvalue weighted by Gasteiger charge is 2.35. The van der Waals surface area contributed by atoms with Crippen molar-refractivity contribution in [1.29, 1.82) is 5.26 Å². The Balaban J connectivity index is 2.29. The number of nitrogens with one attached hydrogen (secondary N) is 1. The molecule has 0 saturated carbocycles. The second kappa shape index (κ2) is 4.81. The first kappa shape index (κ1) is 13.2. The molecular weight excluding hydrogens is 242 g/mol. The van der Waals surface area contributed by atoms with Gasteiger partial charge in [-0.2, -0.15) is 5.26 Å². The van der Waals surface area contributed by atoms with E-state index < -0.39 is 11.7 Å². The number of ether oxygens (including phenoxy) is 1. The van der Waals surface area contributed by atoms with Crippen molar-refractivity contribution in [3.8, 4) is 6.07 Å². The summed E-state index contributed by atoms with van der Waals surface area (Å²) in [7, 11) is 0. The fraction of sp³-hybridized carbons (Fsp3) is 0.429. The zero-order valence-corrected chi connectivity index (χ0v) is 11.3. The van der Waals surface area contributed by atoms with Crippen molar-refractivity contribution in [3.05, 3.63) is 24.3 Å². The van der Waals surface area contributed by atoms with Gasteiger partial charge < -0.3 is 10.1 Å². The molecule has 1 heterocycles. The highest BCUT2D eigenvalue weighted by atomic mass is 16.6. The summed E-state index contributed by atoms with van der Waals surface area (Å²) in [6.45, 7) is 5.46. The molecule has 100 valence electrons. The molecule has 1 unspecified atom stereocenters. The molecule has 1 N–H and O–H groups in total. The Morgan fingerprint density at radius 2 is 2.16 bits per heavy atom. The average molecular weight is 259 g/mol. The van der Waals surface area contributed by atoms with Gasteiger partial charge in [-0.05, 0) is 32.9 Å². The molecule has 19 heavy (non-hydrogen) atoms. The Labute approximate surface area is 112 Å². The number of anilines is 2. The lowest BCUT2D eigenvalue weighted by atomic mass is 10.2. The van der Waals surface area contributed by atoms with Gasteiger partial charge in [-0.25, -0.2) is 4.79 Å². The van der Waals surface area contributed by atoms with Crippen LogP contribution in [-0.2, 0) is 4.74 Å². The average Bonchev–Trinajstić information content (AvgIpc) is 2.65. The molecule has 5 nitrogen and oxygen atoms in total. The van der Waals surface area contributed by atoms with Gasteiger partial charge >= 0.3 is 6.09 Å². The number of para-hydroxylation sites is 2. The number of fused-ring (bicyclic) bond motifs is 1. The van der Waals surface area contributed by atoms with E-state index in [0.717, 1.165) is 11.4 Å². The van der Waals surface area contributed by atoms with E-state index in [9.17, 15) is 4.79 Å². The summed E-state index contributed by atoms with van der Waals surface area (Å²) in [5, 5.41) is 12.0. The van der Waals surface area contributed by atoms with Gasteiger partial charge in [0.1, 0.15) is 11.8 Å². The molecule has 0 aliphatic carbocycles. The van der Waals surface area contributed by atoms with E-state index >= 15 is 0 Å². The van der Waals surface area contributed by atoms with Gasteiger partial charge in [0.05, 0.1) is 23.9 Å². The van der Waals surface area contributed by atoms with Crippen LogP contribution < -0.4 is 10.2 Å². The summed E-state index contributed by atoms with van der Waals surface area (Å²) in [4.78, 5) is 13.8. The van der Waals surface area contributed by atoms with Gasteiger partial charge in [0, 0.05) is 0 Å². The largest absolute Gasteiger partial charge is 0.443 e. The molecule has 1 aliphatic rings. The van der Waals surface area contributed by atoms with E-state index in [1.165, 1.54) is 4.90 Å². The van der Waals surface area contributed by atoms with Crippen LogP contribution in [0.3, 0.4) is 0 Å². The van der Waals surface area contributed by atoms with Crippen molar-refractivity contribution >= 4 is 17.5 Å². The molecule has 0 radical (unpaired) electrons. The lowest BCUT2D eigenvalue weighted by Crippen LogP contribution is -2.43. The molecular formula is C14H17N3O2. The van der Waals surface area contributed by atoms with Crippen LogP contribution in [0.5, 0.6) is 0 Å². The summed E-state index contributed by atoms with van der Waals surface area (Å²) in [6, 6.07) is 9.53. The number of nitriles is 1. The summed E-state index contributed by atoms with van der Waals surface area (Å²) in [6.07, 6.45) is -0.615. The van der Waals surface area contributed by atoms with Crippen LogP contribution in [0.4, 0.5) is 16.2 Å². The number of rotatable bonds is 1. The first-order valence-electron chi connectivity index (χ1n) is 6.17. The Morgan fingerprint density at radius 1 is 1.47 bits per heavy atom. The van der Waals surface area contributed by atoms with Crippen molar-refractivity contribution in [2.75, 3.05) is 10.2 Å². The molecule has 1 atom stereocenters. The Morgan fingerprint density at radius 3 is 2.79 bits per heavy atom. The second-order valence-corrected chi connectivity index (χ2v) is 5.39. The minimum atomic E-state index is -0.564. The third-order valence-corrected chi connectivity index (χ3v) is 2.67. The van der Waals surface area contributed by atoms with Gasteiger partial charge in [-0.3, -0.25) is 4.90 Å². The Bertz CT molecular complexity index is 528. The molecule has 0 aromatic heterocycles. The number of carbonyl (C=O) groups is 1. The number of nitrogens with zero attached hydrogens (tertiary/aromatic N) is 2. The molecule has 0 saturated heterocycles. The van der Waals surface area contributed by atoms with Crippen LogP contribution in [0.25, 0.3) is 0 Å². The van der Waals surface area contributed by atoms with Gasteiger partial charge in [-0.15, -0.1) is 0 Å². The predicted molar refractivity (Wildman–Crippen MR) is 72.8 cm³/mol. The third-order valence-electron chi connectivity index (χ3n) is 2.67. The lowest BCUT2D eigenvalue weighted by Gasteiger charge is -2.27. The van der Waals surface area contributed by atoms with Crippen LogP contribution >= 0.6 is 0 Å². The number of hydrogen-bond donors (Lipinski definition) is 1. The van der Waals surface area contributed by atoms with Crippen molar-refractivity contribution in [1.82, 2.24) is 0 Å². The predicted octanol–water partition coefficient (Wildman–Crippen LogP) is 3.09. The SMILES string of the molecule is CC(C)(C)OC(=O)N1c2ccccc2NC1CC#N. The fourth-order valence-corrected chi connectivity index (χ4v) is 1.98. The van der Waals surface area contributed by atoms with E-state index in [0.29, 0.717) is 0 Å². The molecule has 2 rings (SSSR count). The zero-order chi connectivity index (χ0) is 14.0. The van der Waals surface area contributed by atoms with E-state index in [1.807, 2.05) is 45.0 Å². The quantitative estimate of drug-likeness (QED) is 0.841. The molecule has 1 aliphatic heterocycles. The maximum Gasteiger partial charge on any atom is 0.416 e. The lowest BCUT2D eigenvalue weighted by molar-refractivity contribution is 0.0573. The minimum Gasteiger partial charge on any atom is -0.443 e. The Hall–Kier alpha value is -2.22. The Kier molecular flexibility index (Phi) is 3.34. The van der Waals surface area contributed by atoms with E-state index in [1.54, 1.807) is 0 Å². The first-order valence-corrected chi connectivity index (χ1v) is 6.17. The smallest absolute Gasteiger partial charge is 0.416 e. The number of carbonyl (C=O) groups excluding carboxylic acids is 1. The molecule has 0 spiro atoms. The number of amides is 1. The van der Waals surface area contributed by atoms with E-state index in [2.05, 4.69) is 11.4 Å². The van der Waals surface area contributed by atoms with Crippen molar-refractivity contribution < 1.29 is 9.53 Å². The maximum atomic E-state index is 12.3. The molecule has 5 heteroatoms. The molecule has 0 bridgehead atoms. The number of hydrogen-bond acceptors (Lipinski definition) is 4.